The van der Waals surface area contributed by atoms with Gasteiger partial charge in [-0.2, -0.15) is 0 Å². The quantitative estimate of drug-likeness (QED) is 0.225. The third-order valence-electron chi connectivity index (χ3n) is 5.45. The van der Waals surface area contributed by atoms with Gasteiger partial charge in [0.05, 0.1) is 6.42 Å². The van der Waals surface area contributed by atoms with E-state index in [-0.39, 0.29) is 18.2 Å². The van der Waals surface area contributed by atoms with Crippen LogP contribution in [0.5, 0.6) is 0 Å². The van der Waals surface area contributed by atoms with Crippen molar-refractivity contribution in [2.75, 3.05) is 10.6 Å². The van der Waals surface area contributed by atoms with Gasteiger partial charge in [-0.1, -0.05) is 77.8 Å². The fourth-order valence-electron chi connectivity index (χ4n) is 3.60. The molecular formula is C29H24Cl2N2O2S. The molecule has 2 amide bonds. The van der Waals surface area contributed by atoms with Crippen LogP contribution in [0.1, 0.15) is 21.9 Å². The van der Waals surface area contributed by atoms with Crippen molar-refractivity contribution in [1.82, 2.24) is 0 Å². The summed E-state index contributed by atoms with van der Waals surface area (Å²) in [6.45, 7) is 1.92. The minimum atomic E-state index is -0.510. The first kappa shape index (κ1) is 25.8. The minimum absolute atomic E-state index is 0.131. The molecule has 1 atom stereocenters. The number of aryl methyl sites for hydroxylation is 1. The lowest BCUT2D eigenvalue weighted by molar-refractivity contribution is -0.116. The van der Waals surface area contributed by atoms with E-state index in [4.69, 9.17) is 23.2 Å². The number of hydrogen-bond acceptors (Lipinski definition) is 3. The number of rotatable bonds is 8. The number of carbonyl (C=O) groups excluding carboxylic acids is 2. The Balaban J connectivity index is 1.50. The van der Waals surface area contributed by atoms with Crippen molar-refractivity contribution in [3.05, 3.63) is 124 Å². The third-order valence-corrected chi connectivity index (χ3v) is 7.18. The highest BCUT2D eigenvalue weighted by atomic mass is 35.5. The summed E-state index contributed by atoms with van der Waals surface area (Å²) in [5.74, 6) is -0.290. The Labute approximate surface area is 225 Å². The van der Waals surface area contributed by atoms with Crippen molar-refractivity contribution < 1.29 is 9.59 Å². The maximum Gasteiger partial charge on any atom is 0.242 e. The molecule has 1 unspecified atom stereocenters. The molecule has 0 spiro atoms. The van der Waals surface area contributed by atoms with Gasteiger partial charge in [0.15, 0.2) is 0 Å². The van der Waals surface area contributed by atoms with Crippen molar-refractivity contribution in [1.29, 1.82) is 0 Å². The van der Waals surface area contributed by atoms with Crippen molar-refractivity contribution in [2.45, 2.75) is 23.5 Å². The van der Waals surface area contributed by atoms with Gasteiger partial charge in [-0.05, 0) is 66.1 Å². The predicted molar refractivity (Wildman–Crippen MR) is 150 cm³/mol. The number of amides is 2. The van der Waals surface area contributed by atoms with E-state index in [9.17, 15) is 9.59 Å². The first-order valence-electron chi connectivity index (χ1n) is 11.3. The molecule has 0 aliphatic rings. The van der Waals surface area contributed by atoms with Gasteiger partial charge in [0, 0.05) is 26.3 Å². The second-order valence-electron chi connectivity index (χ2n) is 8.24. The Morgan fingerprint density at radius 2 is 1.53 bits per heavy atom. The normalized spacial score (nSPS) is 11.5. The lowest BCUT2D eigenvalue weighted by atomic mass is 10.1. The van der Waals surface area contributed by atoms with E-state index in [2.05, 4.69) is 10.6 Å². The van der Waals surface area contributed by atoms with Crippen LogP contribution in [0.4, 0.5) is 11.4 Å². The summed E-state index contributed by atoms with van der Waals surface area (Å²) >= 11 is 13.5. The van der Waals surface area contributed by atoms with E-state index < -0.39 is 5.25 Å². The highest BCUT2D eigenvalue weighted by Gasteiger charge is 2.23. The van der Waals surface area contributed by atoms with Crippen LogP contribution >= 0.6 is 35.0 Å². The topological polar surface area (TPSA) is 58.2 Å². The van der Waals surface area contributed by atoms with Crippen LogP contribution in [-0.2, 0) is 16.0 Å². The molecule has 0 aromatic heterocycles. The molecule has 4 aromatic carbocycles. The lowest BCUT2D eigenvalue weighted by Gasteiger charge is -2.18. The number of benzene rings is 4. The highest BCUT2D eigenvalue weighted by molar-refractivity contribution is 8.00. The zero-order chi connectivity index (χ0) is 25.5. The summed E-state index contributed by atoms with van der Waals surface area (Å²) in [5, 5.41) is 6.64. The van der Waals surface area contributed by atoms with E-state index in [1.165, 1.54) is 11.8 Å². The van der Waals surface area contributed by atoms with Crippen LogP contribution in [0.3, 0.4) is 0 Å². The van der Waals surface area contributed by atoms with Gasteiger partial charge in [-0.15, -0.1) is 11.8 Å². The van der Waals surface area contributed by atoms with Crippen LogP contribution in [0.2, 0.25) is 10.0 Å². The molecule has 0 bridgehead atoms. The summed E-state index contributed by atoms with van der Waals surface area (Å²) in [4.78, 5) is 26.8. The zero-order valence-corrected chi connectivity index (χ0v) is 21.8. The fourth-order valence-corrected chi connectivity index (χ4v) is 4.99. The van der Waals surface area contributed by atoms with Gasteiger partial charge in [0.1, 0.15) is 5.25 Å². The number of thioether (sulfide) groups is 1. The number of carbonyl (C=O) groups is 2. The molecule has 0 saturated heterocycles. The minimum Gasteiger partial charge on any atom is -0.326 e. The Morgan fingerprint density at radius 1 is 0.806 bits per heavy atom. The molecular weight excluding hydrogens is 511 g/mol. The lowest BCUT2D eigenvalue weighted by Crippen LogP contribution is -2.19. The molecule has 4 rings (SSSR count). The third kappa shape index (κ3) is 7.14. The molecule has 0 fully saturated rings. The van der Waals surface area contributed by atoms with Gasteiger partial charge >= 0.3 is 0 Å². The van der Waals surface area contributed by atoms with E-state index in [0.717, 1.165) is 21.6 Å². The highest BCUT2D eigenvalue weighted by Crippen LogP contribution is 2.37. The van der Waals surface area contributed by atoms with Crippen molar-refractivity contribution in [3.8, 4) is 0 Å². The van der Waals surface area contributed by atoms with Gasteiger partial charge in [0.25, 0.3) is 0 Å². The van der Waals surface area contributed by atoms with Crippen LogP contribution in [0.25, 0.3) is 0 Å². The number of nitrogens with one attached hydrogen (secondary N) is 2. The molecule has 0 radical (unpaired) electrons. The average Bonchev–Trinajstić information content (AvgIpc) is 2.87. The second-order valence-corrected chi connectivity index (χ2v) is 10.3. The van der Waals surface area contributed by atoms with Crippen LogP contribution in [0, 0.1) is 6.92 Å². The first-order chi connectivity index (χ1) is 17.4. The number of anilines is 2. The Kier molecular flexibility index (Phi) is 8.70. The average molecular weight is 535 g/mol. The molecule has 7 heteroatoms. The summed E-state index contributed by atoms with van der Waals surface area (Å²) in [6.07, 6.45) is 0.239. The fraction of sp³-hybridized carbons (Fsp3) is 0.103. The molecule has 0 aliphatic carbocycles. The molecule has 0 heterocycles. The Hall–Kier alpha value is -3.25. The Bertz CT molecular complexity index is 1360. The monoisotopic (exact) mass is 534 g/mol. The molecule has 2 N–H and O–H groups in total. The number of halogens is 2. The SMILES string of the molecule is Cc1ccc(Cl)cc1NC(=O)C(Sc1cccc(NC(=O)Cc2ccc(Cl)cc2)c1)c1ccccc1. The molecule has 0 aliphatic heterocycles. The van der Waals surface area contributed by atoms with Crippen molar-refractivity contribution in [3.63, 3.8) is 0 Å². The van der Waals surface area contributed by atoms with E-state index in [0.29, 0.717) is 21.4 Å². The van der Waals surface area contributed by atoms with Crippen molar-refractivity contribution in [2.24, 2.45) is 0 Å². The molecule has 182 valence electrons. The van der Waals surface area contributed by atoms with Crippen LogP contribution < -0.4 is 10.6 Å². The van der Waals surface area contributed by atoms with Crippen LogP contribution in [0.15, 0.2) is 102 Å². The van der Waals surface area contributed by atoms with Gasteiger partial charge in [0.2, 0.25) is 11.8 Å². The molecule has 4 nitrogen and oxygen atoms in total. The molecule has 0 saturated carbocycles. The van der Waals surface area contributed by atoms with Gasteiger partial charge in [-0.25, -0.2) is 0 Å². The predicted octanol–water partition coefficient (Wildman–Crippen LogP) is 7.96. The maximum absolute atomic E-state index is 13.4. The summed E-state index contributed by atoms with van der Waals surface area (Å²) < 4.78 is 0. The van der Waals surface area contributed by atoms with Crippen molar-refractivity contribution >= 4 is 58.2 Å². The second kappa shape index (κ2) is 12.1. The standard InChI is InChI=1S/C29H24Cl2N2O2S/c1-19-10-13-23(31)17-26(19)33-29(35)28(21-6-3-2-4-7-21)36-25-9-5-8-24(18-25)32-27(34)16-20-11-14-22(30)15-12-20/h2-15,17-18,28H,16H2,1H3,(H,32,34)(H,33,35). The van der Waals surface area contributed by atoms with E-state index in [1.807, 2.05) is 79.7 Å². The summed E-state index contributed by atoms with van der Waals surface area (Å²) in [7, 11) is 0. The Morgan fingerprint density at radius 3 is 2.28 bits per heavy atom. The largest absolute Gasteiger partial charge is 0.326 e. The smallest absolute Gasteiger partial charge is 0.242 e. The van der Waals surface area contributed by atoms with Gasteiger partial charge in [-0.3, -0.25) is 9.59 Å². The molecule has 4 aromatic rings. The zero-order valence-electron chi connectivity index (χ0n) is 19.5. The molecule has 36 heavy (non-hydrogen) atoms. The van der Waals surface area contributed by atoms with E-state index >= 15 is 0 Å². The van der Waals surface area contributed by atoms with Gasteiger partial charge < -0.3 is 10.6 Å². The summed E-state index contributed by atoms with van der Waals surface area (Å²) in [6, 6.07) is 29.7. The number of hydrogen-bond donors (Lipinski definition) is 2. The maximum atomic E-state index is 13.4. The van der Waals surface area contributed by atoms with Crippen LogP contribution in [-0.4, -0.2) is 11.8 Å². The first-order valence-corrected chi connectivity index (χ1v) is 12.9. The van der Waals surface area contributed by atoms with E-state index in [1.54, 1.807) is 24.3 Å². The summed E-state index contributed by atoms with van der Waals surface area (Å²) in [5.41, 5.74) is 4.01.